The van der Waals surface area contributed by atoms with Crippen LogP contribution in [0.25, 0.3) is 10.4 Å². The first kappa shape index (κ1) is 18.6. The van der Waals surface area contributed by atoms with Gasteiger partial charge in [0.05, 0.1) is 18.1 Å². The molecule has 1 saturated heterocycles. The Hall–Kier alpha value is -1.80. The minimum Gasteiger partial charge on any atom is -0.380 e. The molecule has 0 bridgehead atoms. The van der Waals surface area contributed by atoms with Crippen LogP contribution in [0.3, 0.4) is 0 Å². The molecule has 4 rings (SSSR count). The van der Waals surface area contributed by atoms with Crippen LogP contribution in [-0.2, 0) is 11.2 Å². The molecule has 1 N–H and O–H groups in total. The van der Waals surface area contributed by atoms with Crippen LogP contribution in [0.5, 0.6) is 0 Å². The Labute approximate surface area is 166 Å². The van der Waals surface area contributed by atoms with Gasteiger partial charge >= 0.3 is 0 Å². The lowest BCUT2D eigenvalue weighted by Crippen LogP contribution is -2.24. The number of rotatable bonds is 5. The van der Waals surface area contributed by atoms with Gasteiger partial charge in [0.1, 0.15) is 10.8 Å². The molecule has 1 aliphatic rings. The maximum Gasteiger partial charge on any atom is 0.156 e. The van der Waals surface area contributed by atoms with Crippen molar-refractivity contribution >= 4 is 23.1 Å². The third kappa shape index (κ3) is 5.13. The van der Waals surface area contributed by atoms with Crippen molar-refractivity contribution in [3.63, 3.8) is 0 Å². The van der Waals surface area contributed by atoms with Gasteiger partial charge in [-0.2, -0.15) is 0 Å². The second kappa shape index (κ2) is 8.93. The number of hydrogen-bond acceptors (Lipinski definition) is 6. The summed E-state index contributed by atoms with van der Waals surface area (Å²) in [7, 11) is 0. The topological polar surface area (TPSA) is 47.0 Å². The van der Waals surface area contributed by atoms with Crippen LogP contribution in [0.2, 0.25) is 0 Å². The molecular formula is C20H20FN3OS2. The summed E-state index contributed by atoms with van der Waals surface area (Å²) in [5.41, 5.74) is 2.24. The van der Waals surface area contributed by atoms with Crippen molar-refractivity contribution in [2.24, 2.45) is 5.92 Å². The van der Waals surface area contributed by atoms with E-state index in [0.717, 1.165) is 52.5 Å². The first-order valence-electron chi connectivity index (χ1n) is 8.89. The fraction of sp³-hybridized carbons (Fsp3) is 0.300. The van der Waals surface area contributed by atoms with E-state index in [0.29, 0.717) is 5.92 Å². The van der Waals surface area contributed by atoms with E-state index in [1.54, 1.807) is 35.2 Å². The zero-order chi connectivity index (χ0) is 18.5. The van der Waals surface area contributed by atoms with Crippen molar-refractivity contribution in [1.29, 1.82) is 0 Å². The van der Waals surface area contributed by atoms with E-state index in [1.165, 1.54) is 17.7 Å². The van der Waals surface area contributed by atoms with Crippen LogP contribution in [0, 0.1) is 11.7 Å². The maximum atomic E-state index is 13.1. The Morgan fingerprint density at radius 2 is 2.11 bits per heavy atom. The SMILES string of the molecule is Fc1ccc(-c2cnc(Sc3cc(CC4CNCCOC4)ccn3)s2)cc1. The van der Waals surface area contributed by atoms with Gasteiger partial charge in [0.2, 0.25) is 0 Å². The molecule has 3 heterocycles. The van der Waals surface area contributed by atoms with Gasteiger partial charge in [-0.1, -0.05) is 12.1 Å². The minimum atomic E-state index is -0.229. The minimum absolute atomic E-state index is 0.229. The smallest absolute Gasteiger partial charge is 0.156 e. The Morgan fingerprint density at radius 3 is 3.00 bits per heavy atom. The van der Waals surface area contributed by atoms with Gasteiger partial charge in [-0.15, -0.1) is 11.3 Å². The summed E-state index contributed by atoms with van der Waals surface area (Å²) in [4.78, 5) is 9.98. The van der Waals surface area contributed by atoms with Gasteiger partial charge in [-0.25, -0.2) is 14.4 Å². The van der Waals surface area contributed by atoms with Crippen molar-refractivity contribution in [3.8, 4) is 10.4 Å². The van der Waals surface area contributed by atoms with E-state index < -0.39 is 0 Å². The molecule has 1 aromatic carbocycles. The van der Waals surface area contributed by atoms with E-state index in [-0.39, 0.29) is 5.82 Å². The van der Waals surface area contributed by atoms with E-state index >= 15 is 0 Å². The molecule has 4 nitrogen and oxygen atoms in total. The summed E-state index contributed by atoms with van der Waals surface area (Å²) in [5, 5.41) is 4.36. The van der Waals surface area contributed by atoms with Gasteiger partial charge < -0.3 is 10.1 Å². The molecule has 1 fully saturated rings. The highest BCUT2D eigenvalue weighted by Gasteiger charge is 2.14. The van der Waals surface area contributed by atoms with Crippen molar-refractivity contribution in [2.45, 2.75) is 15.8 Å². The number of nitrogens with one attached hydrogen (secondary N) is 1. The number of nitrogens with zero attached hydrogens (tertiary/aromatic N) is 2. The number of thiazole rings is 1. The Balaban J connectivity index is 1.43. The molecule has 0 amide bonds. The Morgan fingerprint density at radius 1 is 1.22 bits per heavy atom. The van der Waals surface area contributed by atoms with Crippen LogP contribution in [0.15, 0.2) is 58.2 Å². The zero-order valence-electron chi connectivity index (χ0n) is 14.7. The van der Waals surface area contributed by atoms with Crippen LogP contribution in [0.1, 0.15) is 5.56 Å². The second-order valence-corrected chi connectivity index (χ2v) is 8.75. The summed E-state index contributed by atoms with van der Waals surface area (Å²) < 4.78 is 19.7. The van der Waals surface area contributed by atoms with Crippen molar-refractivity contribution in [1.82, 2.24) is 15.3 Å². The average Bonchev–Trinajstić information content (AvgIpc) is 2.98. The van der Waals surface area contributed by atoms with Gasteiger partial charge in [0.25, 0.3) is 0 Å². The molecule has 1 atom stereocenters. The van der Waals surface area contributed by atoms with Crippen molar-refractivity contribution in [3.05, 3.63) is 60.2 Å². The lowest BCUT2D eigenvalue weighted by molar-refractivity contribution is 0.123. The maximum absolute atomic E-state index is 13.1. The summed E-state index contributed by atoms with van der Waals surface area (Å²) in [6, 6.07) is 10.7. The standard InChI is InChI=1S/C20H20FN3OS2/c21-17-3-1-16(2-4-17)18-12-24-20(26-18)27-19-10-14(5-6-23-19)9-15-11-22-7-8-25-13-15/h1-6,10,12,15,22H,7-9,11,13H2. The molecule has 1 unspecified atom stereocenters. The van der Waals surface area contributed by atoms with E-state index in [9.17, 15) is 4.39 Å². The van der Waals surface area contributed by atoms with E-state index in [1.807, 2.05) is 12.4 Å². The predicted octanol–water partition coefficient (Wildman–Crippen LogP) is 4.27. The molecule has 140 valence electrons. The third-order valence-electron chi connectivity index (χ3n) is 4.34. The number of benzene rings is 1. The highest BCUT2D eigenvalue weighted by atomic mass is 32.2. The number of halogens is 1. The van der Waals surface area contributed by atoms with E-state index in [4.69, 9.17) is 4.74 Å². The molecule has 27 heavy (non-hydrogen) atoms. The number of aromatic nitrogens is 2. The van der Waals surface area contributed by atoms with Gasteiger partial charge in [0, 0.05) is 25.5 Å². The summed E-state index contributed by atoms with van der Waals surface area (Å²) in [5.74, 6) is 0.255. The monoisotopic (exact) mass is 401 g/mol. The van der Waals surface area contributed by atoms with Crippen LogP contribution in [-0.4, -0.2) is 36.3 Å². The zero-order valence-corrected chi connectivity index (χ0v) is 16.4. The quantitative estimate of drug-likeness (QED) is 0.692. The van der Waals surface area contributed by atoms with Crippen LogP contribution >= 0.6 is 23.1 Å². The fourth-order valence-electron chi connectivity index (χ4n) is 3.00. The van der Waals surface area contributed by atoms with E-state index in [2.05, 4.69) is 27.4 Å². The first-order chi connectivity index (χ1) is 13.3. The lowest BCUT2D eigenvalue weighted by atomic mass is 10.0. The summed E-state index contributed by atoms with van der Waals surface area (Å²) in [6.45, 7) is 3.49. The molecule has 3 aromatic rings. The molecule has 0 aliphatic carbocycles. The normalized spacial score (nSPS) is 17.6. The number of pyridine rings is 1. The van der Waals surface area contributed by atoms with Gasteiger partial charge in [-0.05, 0) is 59.5 Å². The van der Waals surface area contributed by atoms with Crippen LogP contribution < -0.4 is 5.32 Å². The van der Waals surface area contributed by atoms with Gasteiger partial charge in [-0.3, -0.25) is 0 Å². The second-order valence-electron chi connectivity index (χ2n) is 6.45. The largest absolute Gasteiger partial charge is 0.380 e. The Bertz CT molecular complexity index is 877. The van der Waals surface area contributed by atoms with Crippen molar-refractivity contribution < 1.29 is 9.13 Å². The molecule has 2 aromatic heterocycles. The third-order valence-corrected chi connectivity index (χ3v) is 6.39. The predicted molar refractivity (Wildman–Crippen MR) is 107 cm³/mol. The number of hydrogen-bond donors (Lipinski definition) is 1. The molecule has 7 heteroatoms. The highest BCUT2D eigenvalue weighted by molar-refractivity contribution is 8.01. The average molecular weight is 402 g/mol. The molecule has 0 saturated carbocycles. The molecule has 0 radical (unpaired) electrons. The molecule has 0 spiro atoms. The molecular weight excluding hydrogens is 381 g/mol. The van der Waals surface area contributed by atoms with Crippen LogP contribution in [0.4, 0.5) is 4.39 Å². The Kier molecular flexibility index (Phi) is 6.14. The fourth-order valence-corrected chi connectivity index (χ4v) is 4.95. The number of ether oxygens (including phenoxy) is 1. The molecule has 1 aliphatic heterocycles. The summed E-state index contributed by atoms with van der Waals surface area (Å²) >= 11 is 3.15. The lowest BCUT2D eigenvalue weighted by Gasteiger charge is -2.13. The van der Waals surface area contributed by atoms with Gasteiger partial charge in [0.15, 0.2) is 4.34 Å². The highest BCUT2D eigenvalue weighted by Crippen LogP contribution is 2.35. The van der Waals surface area contributed by atoms with Crippen molar-refractivity contribution in [2.75, 3.05) is 26.3 Å². The first-order valence-corrected chi connectivity index (χ1v) is 10.5. The summed E-state index contributed by atoms with van der Waals surface area (Å²) in [6.07, 6.45) is 4.66.